The van der Waals surface area contributed by atoms with Crippen LogP contribution in [0.25, 0.3) is 0 Å². The Bertz CT molecular complexity index is 221. The summed E-state index contributed by atoms with van der Waals surface area (Å²) in [6, 6.07) is 2.97. The van der Waals surface area contributed by atoms with Crippen molar-refractivity contribution < 1.29 is 0 Å². The second-order valence-electron chi connectivity index (χ2n) is 4.77. The number of hydrogen-bond donors (Lipinski definition) is 1. The number of hydrogen-bond acceptors (Lipinski definition) is 3. The summed E-state index contributed by atoms with van der Waals surface area (Å²) in [6.45, 7) is 6.88. The molecule has 0 amide bonds. The second-order valence-corrected chi connectivity index (χ2v) is 4.77. The summed E-state index contributed by atoms with van der Waals surface area (Å²) in [5.41, 5.74) is 0. The van der Waals surface area contributed by atoms with E-state index >= 15 is 0 Å². The SMILES string of the molecule is CNC(C#N)CCN1CCC(C)CC1C. The summed E-state index contributed by atoms with van der Waals surface area (Å²) in [6.07, 6.45) is 3.55. The maximum Gasteiger partial charge on any atom is 0.0962 e. The van der Waals surface area contributed by atoms with E-state index in [2.05, 4.69) is 30.1 Å². The molecule has 1 heterocycles. The Balaban J connectivity index is 2.30. The van der Waals surface area contributed by atoms with Crippen molar-refractivity contribution in [1.82, 2.24) is 10.2 Å². The fourth-order valence-electron chi connectivity index (χ4n) is 2.36. The Morgan fingerprint density at radius 1 is 1.53 bits per heavy atom. The van der Waals surface area contributed by atoms with Gasteiger partial charge < -0.3 is 10.2 Å². The summed E-state index contributed by atoms with van der Waals surface area (Å²) in [7, 11) is 1.86. The predicted molar refractivity (Wildman–Crippen MR) is 62.5 cm³/mol. The van der Waals surface area contributed by atoms with Crippen LogP contribution in [-0.4, -0.2) is 37.1 Å². The van der Waals surface area contributed by atoms with E-state index in [4.69, 9.17) is 5.26 Å². The van der Waals surface area contributed by atoms with E-state index in [9.17, 15) is 0 Å². The fraction of sp³-hybridized carbons (Fsp3) is 0.917. The molecule has 0 saturated carbocycles. The molecule has 0 spiro atoms. The Morgan fingerprint density at radius 3 is 2.80 bits per heavy atom. The Hall–Kier alpha value is -0.590. The van der Waals surface area contributed by atoms with Crippen molar-refractivity contribution >= 4 is 0 Å². The molecule has 86 valence electrons. The minimum Gasteiger partial charge on any atom is -0.305 e. The quantitative estimate of drug-likeness (QED) is 0.764. The summed E-state index contributed by atoms with van der Waals surface area (Å²) >= 11 is 0. The molecule has 1 aliphatic heterocycles. The molecule has 0 radical (unpaired) electrons. The number of nitriles is 1. The highest BCUT2D eigenvalue weighted by atomic mass is 15.2. The van der Waals surface area contributed by atoms with Crippen LogP contribution in [0.15, 0.2) is 0 Å². The van der Waals surface area contributed by atoms with Gasteiger partial charge in [-0.2, -0.15) is 5.26 Å². The zero-order valence-corrected chi connectivity index (χ0v) is 10.2. The number of rotatable bonds is 4. The number of nitrogens with one attached hydrogen (secondary N) is 1. The smallest absolute Gasteiger partial charge is 0.0962 e. The van der Waals surface area contributed by atoms with Crippen molar-refractivity contribution in [3.8, 4) is 6.07 Å². The van der Waals surface area contributed by atoms with Crippen LogP contribution in [0.2, 0.25) is 0 Å². The molecular weight excluding hydrogens is 186 g/mol. The molecule has 0 aromatic heterocycles. The maximum atomic E-state index is 8.83. The third-order valence-electron chi connectivity index (χ3n) is 3.49. The van der Waals surface area contributed by atoms with Crippen LogP contribution in [0.3, 0.4) is 0 Å². The summed E-state index contributed by atoms with van der Waals surface area (Å²) < 4.78 is 0. The van der Waals surface area contributed by atoms with Crippen molar-refractivity contribution in [3.63, 3.8) is 0 Å². The first-order valence-electron chi connectivity index (χ1n) is 5.98. The highest BCUT2D eigenvalue weighted by Crippen LogP contribution is 2.22. The van der Waals surface area contributed by atoms with Gasteiger partial charge in [0.25, 0.3) is 0 Å². The Morgan fingerprint density at radius 2 is 2.27 bits per heavy atom. The fourth-order valence-corrected chi connectivity index (χ4v) is 2.36. The van der Waals surface area contributed by atoms with Crippen molar-refractivity contribution in [2.75, 3.05) is 20.1 Å². The molecule has 1 N–H and O–H groups in total. The van der Waals surface area contributed by atoms with E-state index in [1.165, 1.54) is 19.4 Å². The Labute approximate surface area is 93.5 Å². The molecule has 3 heteroatoms. The Kier molecular flexibility index (Phi) is 5.07. The van der Waals surface area contributed by atoms with Gasteiger partial charge in [-0.25, -0.2) is 0 Å². The van der Waals surface area contributed by atoms with Crippen molar-refractivity contribution in [2.45, 2.75) is 45.2 Å². The van der Waals surface area contributed by atoms with Crippen LogP contribution in [0.4, 0.5) is 0 Å². The topological polar surface area (TPSA) is 39.1 Å². The monoisotopic (exact) mass is 209 g/mol. The average Bonchev–Trinajstić information content (AvgIpc) is 2.22. The molecule has 3 atom stereocenters. The van der Waals surface area contributed by atoms with Crippen LogP contribution in [0, 0.1) is 17.2 Å². The second kappa shape index (κ2) is 6.09. The number of nitrogens with zero attached hydrogens (tertiary/aromatic N) is 2. The molecule has 0 bridgehead atoms. The summed E-state index contributed by atoms with van der Waals surface area (Å²) in [5.74, 6) is 0.868. The number of likely N-dealkylation sites (tertiary alicyclic amines) is 1. The zero-order chi connectivity index (χ0) is 11.3. The highest BCUT2D eigenvalue weighted by molar-refractivity contribution is 4.90. The standard InChI is InChI=1S/C12H23N3/c1-10-4-6-15(11(2)8-10)7-5-12(9-13)14-3/h10-12,14H,4-8H2,1-3H3. The molecule has 15 heavy (non-hydrogen) atoms. The molecule has 3 unspecified atom stereocenters. The van der Waals surface area contributed by atoms with E-state index < -0.39 is 0 Å². The minimum absolute atomic E-state index is 0.0107. The van der Waals surface area contributed by atoms with Crippen molar-refractivity contribution in [3.05, 3.63) is 0 Å². The van der Waals surface area contributed by atoms with Gasteiger partial charge in [-0.05, 0) is 45.7 Å². The molecule has 1 saturated heterocycles. The van der Waals surface area contributed by atoms with Crippen LogP contribution < -0.4 is 5.32 Å². The highest BCUT2D eigenvalue weighted by Gasteiger charge is 2.22. The van der Waals surface area contributed by atoms with Gasteiger partial charge in [0.1, 0.15) is 0 Å². The molecule has 0 aromatic carbocycles. The van der Waals surface area contributed by atoms with Crippen molar-refractivity contribution in [1.29, 1.82) is 5.26 Å². The van der Waals surface area contributed by atoms with Crippen LogP contribution >= 0.6 is 0 Å². The minimum atomic E-state index is 0.0107. The summed E-state index contributed by atoms with van der Waals surface area (Å²) in [4.78, 5) is 2.52. The molecular formula is C12H23N3. The molecule has 0 aliphatic carbocycles. The molecule has 1 fully saturated rings. The molecule has 1 aliphatic rings. The lowest BCUT2D eigenvalue weighted by molar-refractivity contribution is 0.126. The van der Waals surface area contributed by atoms with E-state index in [0.717, 1.165) is 18.9 Å². The first-order chi connectivity index (χ1) is 7.17. The molecule has 1 rings (SSSR count). The van der Waals surface area contributed by atoms with Gasteiger partial charge in [-0.15, -0.1) is 0 Å². The van der Waals surface area contributed by atoms with Gasteiger partial charge in [-0.3, -0.25) is 0 Å². The van der Waals surface area contributed by atoms with E-state index in [0.29, 0.717) is 6.04 Å². The summed E-state index contributed by atoms with van der Waals surface area (Å²) in [5, 5.41) is 11.9. The number of piperidine rings is 1. The first kappa shape index (κ1) is 12.5. The van der Waals surface area contributed by atoms with E-state index in [1.54, 1.807) is 0 Å². The lowest BCUT2D eigenvalue weighted by Gasteiger charge is -2.36. The third kappa shape index (κ3) is 3.81. The van der Waals surface area contributed by atoms with Gasteiger partial charge in [0.2, 0.25) is 0 Å². The molecule has 0 aromatic rings. The van der Waals surface area contributed by atoms with Crippen molar-refractivity contribution in [2.24, 2.45) is 5.92 Å². The third-order valence-corrected chi connectivity index (χ3v) is 3.49. The van der Waals surface area contributed by atoms with Gasteiger partial charge in [0.15, 0.2) is 0 Å². The van der Waals surface area contributed by atoms with Gasteiger partial charge >= 0.3 is 0 Å². The first-order valence-corrected chi connectivity index (χ1v) is 5.98. The maximum absolute atomic E-state index is 8.83. The lowest BCUT2D eigenvalue weighted by atomic mass is 9.93. The van der Waals surface area contributed by atoms with E-state index in [-0.39, 0.29) is 6.04 Å². The van der Waals surface area contributed by atoms with Crippen LogP contribution in [0.1, 0.15) is 33.1 Å². The molecule has 3 nitrogen and oxygen atoms in total. The zero-order valence-electron chi connectivity index (χ0n) is 10.2. The van der Waals surface area contributed by atoms with Crippen LogP contribution in [-0.2, 0) is 0 Å². The lowest BCUT2D eigenvalue weighted by Crippen LogP contribution is -2.42. The van der Waals surface area contributed by atoms with Gasteiger partial charge in [0, 0.05) is 12.6 Å². The van der Waals surface area contributed by atoms with Gasteiger partial charge in [0.05, 0.1) is 12.1 Å². The van der Waals surface area contributed by atoms with E-state index in [1.807, 2.05) is 7.05 Å². The van der Waals surface area contributed by atoms with Crippen LogP contribution in [0.5, 0.6) is 0 Å². The largest absolute Gasteiger partial charge is 0.305 e. The predicted octanol–water partition coefficient (Wildman–Crippen LogP) is 1.61. The normalized spacial score (nSPS) is 29.7. The van der Waals surface area contributed by atoms with Gasteiger partial charge in [-0.1, -0.05) is 6.92 Å². The average molecular weight is 209 g/mol.